The highest BCUT2D eigenvalue weighted by Gasteiger charge is 2.35. The van der Waals surface area contributed by atoms with E-state index in [9.17, 15) is 19.5 Å². The fraction of sp³-hybridized carbons (Fsp3) is 0.526. The number of aliphatic hydroxyl groups is 1. The summed E-state index contributed by atoms with van der Waals surface area (Å²) in [5.41, 5.74) is 2.24. The quantitative estimate of drug-likeness (QED) is 0.463. The van der Waals surface area contributed by atoms with E-state index in [0.29, 0.717) is 35.1 Å². The van der Waals surface area contributed by atoms with E-state index in [-0.39, 0.29) is 13.0 Å². The average molecular weight is 364 g/mol. The van der Waals surface area contributed by atoms with Crippen molar-refractivity contribution >= 4 is 17.9 Å². The lowest BCUT2D eigenvalue weighted by molar-refractivity contribution is -0.146. The van der Waals surface area contributed by atoms with Crippen LogP contribution in [0.25, 0.3) is 0 Å². The Kier molecular flexibility index (Phi) is 6.37. The first kappa shape index (κ1) is 19.9. The maximum absolute atomic E-state index is 12.2. The minimum absolute atomic E-state index is 0.157. The van der Waals surface area contributed by atoms with Crippen molar-refractivity contribution in [3.63, 3.8) is 0 Å². The number of fused-ring (bicyclic) bond motifs is 1. The van der Waals surface area contributed by atoms with Gasteiger partial charge in [-0.05, 0) is 42.6 Å². The van der Waals surface area contributed by atoms with Crippen molar-refractivity contribution in [3.05, 3.63) is 34.9 Å². The zero-order chi connectivity index (χ0) is 19.4. The predicted molar refractivity (Wildman–Crippen MR) is 91.8 cm³/mol. The first-order chi connectivity index (χ1) is 12.2. The second-order valence-corrected chi connectivity index (χ2v) is 6.53. The molecule has 0 aromatic rings. The summed E-state index contributed by atoms with van der Waals surface area (Å²) in [7, 11) is 0. The molecule has 0 unspecified atom stereocenters. The molecule has 0 radical (unpaired) electrons. The highest BCUT2D eigenvalue weighted by molar-refractivity contribution is 5.93. The Bertz CT molecular complexity index is 686. The third-order valence-electron chi connectivity index (χ3n) is 4.49. The van der Waals surface area contributed by atoms with Crippen LogP contribution in [0.15, 0.2) is 34.9 Å². The van der Waals surface area contributed by atoms with Gasteiger partial charge in [0.2, 0.25) is 0 Å². The number of hydrogen-bond acceptors (Lipinski definition) is 7. The van der Waals surface area contributed by atoms with Crippen molar-refractivity contribution in [1.29, 1.82) is 0 Å². The monoisotopic (exact) mass is 364 g/mol. The van der Waals surface area contributed by atoms with Crippen molar-refractivity contribution in [2.75, 3.05) is 6.61 Å². The summed E-state index contributed by atoms with van der Waals surface area (Å²) in [5, 5.41) is 10.3. The zero-order valence-electron chi connectivity index (χ0n) is 15.2. The van der Waals surface area contributed by atoms with Crippen molar-refractivity contribution < 1.29 is 33.7 Å². The summed E-state index contributed by atoms with van der Waals surface area (Å²) < 4.78 is 15.7. The second-order valence-electron chi connectivity index (χ2n) is 6.53. The molecule has 1 heterocycles. The van der Waals surface area contributed by atoms with Crippen molar-refractivity contribution in [3.8, 4) is 0 Å². The number of aliphatic hydroxyl groups excluding tert-OH is 1. The maximum Gasteiger partial charge on any atom is 0.338 e. The molecule has 1 aliphatic carbocycles. The van der Waals surface area contributed by atoms with Crippen LogP contribution in [-0.2, 0) is 28.6 Å². The highest BCUT2D eigenvalue weighted by Crippen LogP contribution is 2.33. The van der Waals surface area contributed by atoms with Gasteiger partial charge in [0.25, 0.3) is 0 Å². The summed E-state index contributed by atoms with van der Waals surface area (Å²) >= 11 is 0. The minimum Gasteiger partial charge on any atom is -0.461 e. The molecule has 7 heteroatoms. The lowest BCUT2D eigenvalue weighted by Gasteiger charge is -2.25. The van der Waals surface area contributed by atoms with E-state index in [4.69, 9.17) is 14.2 Å². The second kappa shape index (κ2) is 8.31. The van der Waals surface area contributed by atoms with Gasteiger partial charge in [-0.2, -0.15) is 0 Å². The standard InChI is InChI=1S/C19H24O7/c1-10-5-6-14-15(9-24-12(3)20)19(23)26-18(14)7-11(2)17(8-16(10)22)25-13(4)21/h7,16-18,22H,1,5-6,8-9H2,2-4H3/b11-7-/t16-,17+,18+/m0/s1. The molecule has 0 fully saturated rings. The van der Waals surface area contributed by atoms with Crippen LogP contribution in [0, 0.1) is 0 Å². The van der Waals surface area contributed by atoms with E-state index in [1.165, 1.54) is 13.8 Å². The molecule has 0 aromatic heterocycles. The first-order valence-electron chi connectivity index (χ1n) is 8.46. The number of carbonyl (C=O) groups is 3. The van der Waals surface area contributed by atoms with Crippen LogP contribution in [0.1, 0.15) is 40.0 Å². The molecule has 2 aliphatic rings. The predicted octanol–water partition coefficient (Wildman–Crippen LogP) is 1.75. The van der Waals surface area contributed by atoms with Gasteiger partial charge in [-0.3, -0.25) is 9.59 Å². The number of ether oxygens (including phenoxy) is 3. The topological polar surface area (TPSA) is 99.1 Å². The number of rotatable bonds is 3. The molecule has 0 bridgehead atoms. The lowest BCUT2D eigenvalue weighted by atomic mass is 9.90. The van der Waals surface area contributed by atoms with E-state index in [1.807, 2.05) is 0 Å². The van der Waals surface area contributed by atoms with Crippen LogP contribution in [0.4, 0.5) is 0 Å². The zero-order valence-corrected chi connectivity index (χ0v) is 15.2. The summed E-state index contributed by atoms with van der Waals surface area (Å²) in [4.78, 5) is 34.7. The van der Waals surface area contributed by atoms with Crippen LogP contribution in [0.3, 0.4) is 0 Å². The van der Waals surface area contributed by atoms with Gasteiger partial charge in [0.1, 0.15) is 18.8 Å². The largest absolute Gasteiger partial charge is 0.461 e. The Morgan fingerprint density at radius 3 is 2.62 bits per heavy atom. The third kappa shape index (κ3) is 4.82. The minimum atomic E-state index is -0.838. The van der Waals surface area contributed by atoms with Crippen molar-refractivity contribution in [2.24, 2.45) is 0 Å². The van der Waals surface area contributed by atoms with Gasteiger partial charge in [-0.25, -0.2) is 4.79 Å². The summed E-state index contributed by atoms with van der Waals surface area (Å²) in [6, 6.07) is 0. The van der Waals surface area contributed by atoms with Gasteiger partial charge < -0.3 is 19.3 Å². The average Bonchev–Trinajstić information content (AvgIpc) is 2.83. The summed E-state index contributed by atoms with van der Waals surface area (Å²) in [6.07, 6.45) is 0.694. The van der Waals surface area contributed by atoms with Gasteiger partial charge in [0, 0.05) is 20.3 Å². The Labute approximate surface area is 152 Å². The van der Waals surface area contributed by atoms with Gasteiger partial charge in [0.05, 0.1) is 11.7 Å². The van der Waals surface area contributed by atoms with Crippen LogP contribution < -0.4 is 0 Å². The molecular formula is C19H24O7. The van der Waals surface area contributed by atoms with E-state index < -0.39 is 36.2 Å². The highest BCUT2D eigenvalue weighted by atomic mass is 16.6. The fourth-order valence-corrected chi connectivity index (χ4v) is 3.02. The van der Waals surface area contributed by atoms with Crippen molar-refractivity contribution in [2.45, 2.75) is 58.3 Å². The summed E-state index contributed by atoms with van der Waals surface area (Å²) in [5.74, 6) is -1.49. The Hall–Kier alpha value is -2.41. The smallest absolute Gasteiger partial charge is 0.338 e. The molecule has 0 saturated heterocycles. The van der Waals surface area contributed by atoms with Gasteiger partial charge >= 0.3 is 17.9 Å². The molecule has 1 aliphatic heterocycles. The van der Waals surface area contributed by atoms with E-state index in [2.05, 4.69) is 6.58 Å². The maximum atomic E-state index is 12.2. The van der Waals surface area contributed by atoms with Crippen LogP contribution >= 0.6 is 0 Å². The van der Waals surface area contributed by atoms with Crippen LogP contribution in [-0.4, -0.2) is 47.9 Å². The van der Waals surface area contributed by atoms with E-state index in [0.717, 1.165) is 0 Å². The summed E-state index contributed by atoms with van der Waals surface area (Å²) in [6.45, 7) is 8.05. The number of hydrogen-bond donors (Lipinski definition) is 1. The SMILES string of the molecule is C=C1CCC2=C(COC(C)=O)C(=O)O[C@@H]2/C=C(/C)[C@H](OC(C)=O)C[C@@H]1O. The number of esters is 3. The molecule has 0 aromatic carbocycles. The molecule has 142 valence electrons. The first-order valence-corrected chi connectivity index (χ1v) is 8.46. The number of carbonyl (C=O) groups excluding carboxylic acids is 3. The van der Waals surface area contributed by atoms with Crippen LogP contribution in [0.5, 0.6) is 0 Å². The molecular weight excluding hydrogens is 340 g/mol. The Morgan fingerprint density at radius 2 is 2.00 bits per heavy atom. The fourth-order valence-electron chi connectivity index (χ4n) is 3.02. The third-order valence-corrected chi connectivity index (χ3v) is 4.49. The normalized spacial score (nSPS) is 28.6. The van der Waals surface area contributed by atoms with Gasteiger partial charge in [-0.15, -0.1) is 0 Å². The Morgan fingerprint density at radius 1 is 1.31 bits per heavy atom. The lowest BCUT2D eigenvalue weighted by Crippen LogP contribution is -2.27. The van der Waals surface area contributed by atoms with E-state index in [1.54, 1.807) is 13.0 Å². The molecule has 0 amide bonds. The molecule has 2 rings (SSSR count). The molecule has 0 saturated carbocycles. The molecule has 7 nitrogen and oxygen atoms in total. The Balaban J connectivity index is 2.39. The van der Waals surface area contributed by atoms with E-state index >= 15 is 0 Å². The molecule has 1 N–H and O–H groups in total. The molecule has 3 atom stereocenters. The van der Waals surface area contributed by atoms with Gasteiger partial charge in [0.15, 0.2) is 0 Å². The molecule has 26 heavy (non-hydrogen) atoms. The molecule has 0 spiro atoms. The van der Waals surface area contributed by atoms with Crippen molar-refractivity contribution in [1.82, 2.24) is 0 Å². The van der Waals surface area contributed by atoms with Gasteiger partial charge in [-0.1, -0.05) is 6.58 Å². The van der Waals surface area contributed by atoms with Crippen LogP contribution in [0.2, 0.25) is 0 Å².